The van der Waals surface area contributed by atoms with Gasteiger partial charge in [-0.2, -0.15) is 0 Å². The summed E-state index contributed by atoms with van der Waals surface area (Å²) >= 11 is 0. The molecule has 1 saturated carbocycles. The van der Waals surface area contributed by atoms with E-state index in [0.29, 0.717) is 5.41 Å². The Bertz CT molecular complexity index is 177. The van der Waals surface area contributed by atoms with E-state index in [1.165, 1.54) is 44.7 Å². The molecule has 0 radical (unpaired) electrons. The molecule has 0 aliphatic heterocycles. The molecule has 1 N–H and O–H groups in total. The first kappa shape index (κ1) is 13.2. The second-order valence-electron chi connectivity index (χ2n) is 6.58. The van der Waals surface area contributed by atoms with Crippen LogP contribution in [0.3, 0.4) is 0 Å². The monoisotopic (exact) mass is 227 g/mol. The highest BCUT2D eigenvalue weighted by atomic mass is 28.3. The molecule has 2 heteroatoms. The topological polar surface area (TPSA) is 12.0 Å². The minimum atomic E-state index is -0.907. The van der Waals surface area contributed by atoms with Crippen LogP contribution >= 0.6 is 0 Å². The standard InChI is InChI=1S/C13H29NSi/c1-5-14-11-13(12-15(2,3)4)9-7-6-8-10-13/h14H,5-12H2,1-4H3. The van der Waals surface area contributed by atoms with Gasteiger partial charge in [-0.1, -0.05) is 51.9 Å². The van der Waals surface area contributed by atoms with E-state index in [1.807, 2.05) is 0 Å². The van der Waals surface area contributed by atoms with Gasteiger partial charge in [0.2, 0.25) is 0 Å². The van der Waals surface area contributed by atoms with Crippen molar-refractivity contribution in [2.45, 2.75) is 64.7 Å². The van der Waals surface area contributed by atoms with Gasteiger partial charge in [-0.25, -0.2) is 0 Å². The van der Waals surface area contributed by atoms with Crippen LogP contribution in [0.4, 0.5) is 0 Å². The molecule has 0 bridgehead atoms. The van der Waals surface area contributed by atoms with Crippen LogP contribution in [0.2, 0.25) is 25.7 Å². The smallest absolute Gasteiger partial charge is 0.0448 e. The molecule has 0 aromatic carbocycles. The Morgan fingerprint density at radius 1 is 1.07 bits per heavy atom. The first-order valence-corrected chi connectivity index (χ1v) is 10.4. The summed E-state index contributed by atoms with van der Waals surface area (Å²) in [5.41, 5.74) is 0.665. The van der Waals surface area contributed by atoms with E-state index in [0.717, 1.165) is 6.54 Å². The van der Waals surface area contributed by atoms with Gasteiger partial charge in [0.25, 0.3) is 0 Å². The number of hydrogen-bond acceptors (Lipinski definition) is 1. The highest BCUT2D eigenvalue weighted by Crippen LogP contribution is 2.42. The molecule has 1 nitrogen and oxygen atoms in total. The number of nitrogens with one attached hydrogen (secondary N) is 1. The number of rotatable bonds is 5. The lowest BCUT2D eigenvalue weighted by atomic mass is 9.75. The molecule has 0 amide bonds. The van der Waals surface area contributed by atoms with E-state index in [4.69, 9.17) is 0 Å². The van der Waals surface area contributed by atoms with E-state index < -0.39 is 8.07 Å². The molecule has 1 rings (SSSR count). The minimum absolute atomic E-state index is 0.665. The van der Waals surface area contributed by atoms with Crippen molar-refractivity contribution in [3.05, 3.63) is 0 Å². The molecule has 90 valence electrons. The van der Waals surface area contributed by atoms with Crippen molar-refractivity contribution in [2.75, 3.05) is 13.1 Å². The van der Waals surface area contributed by atoms with Gasteiger partial charge in [-0.05, 0) is 24.8 Å². The summed E-state index contributed by atoms with van der Waals surface area (Å²) in [5, 5.41) is 3.60. The quantitative estimate of drug-likeness (QED) is 0.703. The molecular weight excluding hydrogens is 198 g/mol. The molecule has 15 heavy (non-hydrogen) atoms. The Kier molecular flexibility index (Phi) is 4.85. The average Bonchev–Trinajstić information content (AvgIpc) is 2.14. The van der Waals surface area contributed by atoms with Crippen molar-refractivity contribution in [3.8, 4) is 0 Å². The molecular formula is C13H29NSi. The van der Waals surface area contributed by atoms with Crippen molar-refractivity contribution < 1.29 is 0 Å². The van der Waals surface area contributed by atoms with Gasteiger partial charge in [0.15, 0.2) is 0 Å². The van der Waals surface area contributed by atoms with Gasteiger partial charge >= 0.3 is 0 Å². The van der Waals surface area contributed by atoms with Crippen LogP contribution in [0.15, 0.2) is 0 Å². The summed E-state index contributed by atoms with van der Waals surface area (Å²) in [6, 6.07) is 1.52. The molecule has 0 unspecified atom stereocenters. The van der Waals surface area contributed by atoms with Crippen molar-refractivity contribution in [1.82, 2.24) is 5.32 Å². The first-order chi connectivity index (χ1) is 6.97. The normalized spacial score (nSPS) is 21.6. The predicted octanol–water partition coefficient (Wildman–Crippen LogP) is 3.88. The third-order valence-corrected chi connectivity index (χ3v) is 5.38. The van der Waals surface area contributed by atoms with Gasteiger partial charge in [0.1, 0.15) is 0 Å². The Morgan fingerprint density at radius 2 is 1.67 bits per heavy atom. The minimum Gasteiger partial charge on any atom is -0.316 e. The summed E-state index contributed by atoms with van der Waals surface area (Å²) in [6.07, 6.45) is 7.36. The fourth-order valence-electron chi connectivity index (χ4n) is 3.23. The Labute approximate surface area is 97.0 Å². The summed E-state index contributed by atoms with van der Waals surface area (Å²) in [7, 11) is -0.907. The highest BCUT2D eigenvalue weighted by molar-refractivity contribution is 6.76. The fraction of sp³-hybridized carbons (Fsp3) is 1.00. The van der Waals surface area contributed by atoms with Crippen molar-refractivity contribution in [1.29, 1.82) is 0 Å². The molecule has 0 atom stereocenters. The maximum atomic E-state index is 3.60. The van der Waals surface area contributed by atoms with Gasteiger partial charge in [0, 0.05) is 14.6 Å². The molecule has 1 fully saturated rings. The first-order valence-electron chi connectivity index (χ1n) is 6.68. The summed E-state index contributed by atoms with van der Waals surface area (Å²) in [5.74, 6) is 0. The van der Waals surface area contributed by atoms with Crippen LogP contribution < -0.4 is 5.32 Å². The maximum Gasteiger partial charge on any atom is 0.0448 e. The summed E-state index contributed by atoms with van der Waals surface area (Å²) in [6.45, 7) is 12.2. The largest absolute Gasteiger partial charge is 0.316 e. The van der Waals surface area contributed by atoms with Crippen LogP contribution in [-0.2, 0) is 0 Å². The second kappa shape index (κ2) is 5.49. The molecule has 0 aromatic rings. The van der Waals surface area contributed by atoms with Crippen molar-refractivity contribution in [2.24, 2.45) is 5.41 Å². The lowest BCUT2D eigenvalue weighted by Crippen LogP contribution is -2.41. The highest BCUT2D eigenvalue weighted by Gasteiger charge is 2.35. The Morgan fingerprint density at radius 3 is 2.13 bits per heavy atom. The summed E-state index contributed by atoms with van der Waals surface area (Å²) in [4.78, 5) is 0. The van der Waals surface area contributed by atoms with Crippen molar-refractivity contribution in [3.63, 3.8) is 0 Å². The van der Waals surface area contributed by atoms with E-state index >= 15 is 0 Å². The zero-order valence-electron chi connectivity index (χ0n) is 11.2. The summed E-state index contributed by atoms with van der Waals surface area (Å²) < 4.78 is 0. The zero-order valence-corrected chi connectivity index (χ0v) is 12.2. The molecule has 0 spiro atoms. The van der Waals surface area contributed by atoms with Crippen LogP contribution in [-0.4, -0.2) is 21.2 Å². The fourth-order valence-corrected chi connectivity index (χ4v) is 5.96. The van der Waals surface area contributed by atoms with Crippen LogP contribution in [0, 0.1) is 5.41 Å². The molecule has 1 aliphatic carbocycles. The Balaban J connectivity index is 2.58. The van der Waals surface area contributed by atoms with Crippen LogP contribution in [0.1, 0.15) is 39.0 Å². The molecule has 0 aromatic heterocycles. The molecule has 0 saturated heterocycles. The van der Waals surface area contributed by atoms with E-state index in [9.17, 15) is 0 Å². The van der Waals surface area contributed by atoms with Gasteiger partial charge in [0.05, 0.1) is 0 Å². The maximum absolute atomic E-state index is 3.60. The lowest BCUT2D eigenvalue weighted by molar-refractivity contribution is 0.207. The SMILES string of the molecule is CCNCC1(C[Si](C)(C)C)CCCCC1. The molecule has 0 heterocycles. The predicted molar refractivity (Wildman–Crippen MR) is 72.2 cm³/mol. The third kappa shape index (κ3) is 4.69. The number of hydrogen-bond donors (Lipinski definition) is 1. The van der Waals surface area contributed by atoms with Crippen LogP contribution in [0.25, 0.3) is 0 Å². The average molecular weight is 227 g/mol. The van der Waals surface area contributed by atoms with E-state index in [-0.39, 0.29) is 0 Å². The van der Waals surface area contributed by atoms with E-state index in [1.54, 1.807) is 0 Å². The van der Waals surface area contributed by atoms with Gasteiger partial charge in [-0.15, -0.1) is 0 Å². The molecule has 1 aliphatic rings. The zero-order chi connectivity index (χ0) is 11.4. The second-order valence-corrected chi connectivity index (χ2v) is 12.1. The third-order valence-electron chi connectivity index (χ3n) is 3.57. The van der Waals surface area contributed by atoms with Crippen molar-refractivity contribution >= 4 is 8.07 Å². The van der Waals surface area contributed by atoms with Crippen LogP contribution in [0.5, 0.6) is 0 Å². The van der Waals surface area contributed by atoms with E-state index in [2.05, 4.69) is 31.9 Å². The lowest BCUT2D eigenvalue weighted by Gasteiger charge is -2.41. The van der Waals surface area contributed by atoms with Gasteiger partial charge in [-0.3, -0.25) is 0 Å². The Hall–Kier alpha value is 0.177. The van der Waals surface area contributed by atoms with Gasteiger partial charge < -0.3 is 5.32 Å².